The van der Waals surface area contributed by atoms with Crippen LogP contribution in [0.4, 0.5) is 0 Å². The predicted octanol–water partition coefficient (Wildman–Crippen LogP) is 9.77. The summed E-state index contributed by atoms with van der Waals surface area (Å²) in [5.74, 6) is 0. The molecule has 1 atom stereocenters. The molecule has 0 radical (unpaired) electrons. The van der Waals surface area contributed by atoms with E-state index >= 15 is 0 Å². The Bertz CT molecular complexity index is 1410. The second kappa shape index (κ2) is 14.9. The molecule has 0 amide bonds. The molecule has 0 aromatic heterocycles. The van der Waals surface area contributed by atoms with Gasteiger partial charge in [0.15, 0.2) is 0 Å². The molecule has 0 N–H and O–H groups in total. The fourth-order valence-electron chi connectivity index (χ4n) is 14.2. The molecular formula is C38H68O13Si8. The zero-order chi connectivity index (χ0) is 39.0. The molecule has 7 aliphatic carbocycles. The maximum atomic E-state index is 8.43. The number of epoxide rings is 1. The highest BCUT2D eigenvalue weighted by Gasteiger charge is 2.88. The number of hydrogen-bond donors (Lipinski definition) is 0. The van der Waals surface area contributed by atoms with Crippen LogP contribution in [0.3, 0.4) is 0 Å². The molecule has 59 heavy (non-hydrogen) atoms. The van der Waals surface area contributed by atoms with E-state index in [1.165, 1.54) is 0 Å². The first-order valence-electron chi connectivity index (χ1n) is 24.8. The van der Waals surface area contributed by atoms with E-state index < -0.39 is 70.4 Å². The van der Waals surface area contributed by atoms with Gasteiger partial charge in [0.1, 0.15) is 0 Å². The van der Waals surface area contributed by atoms with Gasteiger partial charge in [-0.15, -0.1) is 0 Å². The SMILES string of the molecule is C1CCC([Si]23O[Si]4(C[C@H]5CO5)O[Si]5(C6CCCC6)O[Si](C6CCCC6)(O2)O[Si]2(C6CCCC6)O[Si](C6CCCC6)(O3)O[Si](C3CCCC3)(O4)O[Si](C3CCCC3)(O5)O2)C1. The molecule has 13 nitrogen and oxygen atoms in total. The zero-order valence-electron chi connectivity index (χ0n) is 35.1. The first kappa shape index (κ1) is 40.5. The highest BCUT2D eigenvalue weighted by molar-refractivity contribution is 7.04. The highest BCUT2D eigenvalue weighted by Crippen LogP contribution is 2.66. The van der Waals surface area contributed by atoms with E-state index in [9.17, 15) is 0 Å². The third-order valence-electron chi connectivity index (χ3n) is 17.3. The molecule has 7 aliphatic heterocycles. The topological polar surface area (TPSA) is 123 Å². The summed E-state index contributed by atoms with van der Waals surface area (Å²) in [6, 6.07) is 0.515. The number of ether oxygens (including phenoxy) is 1. The van der Waals surface area contributed by atoms with Crippen LogP contribution in [0.15, 0.2) is 0 Å². The van der Waals surface area contributed by atoms with E-state index in [0.29, 0.717) is 12.7 Å². The summed E-state index contributed by atoms with van der Waals surface area (Å²) in [6.45, 7) is 0.664. The van der Waals surface area contributed by atoms with Crippen molar-refractivity contribution in [1.29, 1.82) is 0 Å². The molecule has 7 saturated heterocycles. The molecule has 0 unspecified atom stereocenters. The molecule has 7 saturated carbocycles. The Morgan fingerprint density at radius 2 is 0.424 bits per heavy atom. The van der Waals surface area contributed by atoms with Gasteiger partial charge in [0.05, 0.1) is 12.7 Å². The van der Waals surface area contributed by atoms with Crippen molar-refractivity contribution in [3.8, 4) is 0 Å². The van der Waals surface area contributed by atoms with E-state index in [0.717, 1.165) is 180 Å². The van der Waals surface area contributed by atoms with Crippen LogP contribution in [-0.2, 0) is 54.1 Å². The Balaban J connectivity index is 1.13. The van der Waals surface area contributed by atoms with E-state index in [4.69, 9.17) is 54.1 Å². The standard InChI is InChI=1S/C38H68O13Si8/c1-2-16-32(15-1)53-40-52(30-31-29-39-31)41-54(33-17-3-4-18-33)45-56(43-53,35-21-7-8-22-35)49-59(38-27-13-14-28-38)50-57(44-53,36-23-9-10-24-36)46-55(42-52,34-19-5-6-20-34)48-58(47-54,51-59)37-25-11-12-26-37/h31-38H,1-30H2/t31-,52?,53?,54?,55?,56?,57?,58?,59?/m1/s1. The van der Waals surface area contributed by atoms with Crippen molar-refractivity contribution in [2.45, 2.75) is 231 Å². The molecule has 21 heteroatoms. The van der Waals surface area contributed by atoms with Crippen LogP contribution in [-0.4, -0.2) is 83.1 Å². The summed E-state index contributed by atoms with van der Waals surface area (Å²) >= 11 is 0. The van der Waals surface area contributed by atoms with Crippen LogP contribution in [0.25, 0.3) is 0 Å². The summed E-state index contributed by atoms with van der Waals surface area (Å²) < 4.78 is 107. The van der Waals surface area contributed by atoms with Gasteiger partial charge in [-0.05, 0) is 89.9 Å². The molecule has 0 aromatic carbocycles. The van der Waals surface area contributed by atoms with E-state index in [1.807, 2.05) is 0 Å². The summed E-state index contributed by atoms with van der Waals surface area (Å²) in [5, 5.41) is 0. The normalized spacial score (nSPS) is 51.6. The fourth-order valence-corrected chi connectivity index (χ4v) is 70.3. The first-order chi connectivity index (χ1) is 28.8. The summed E-state index contributed by atoms with van der Waals surface area (Å²) in [7, 11) is -31.0. The van der Waals surface area contributed by atoms with Crippen LogP contribution in [0.1, 0.15) is 180 Å². The smallest absolute Gasteiger partial charge is 0.373 e. The number of hydrogen-bond acceptors (Lipinski definition) is 13. The van der Waals surface area contributed by atoms with Crippen LogP contribution in [0.2, 0.25) is 44.8 Å². The summed E-state index contributed by atoms with van der Waals surface area (Å²) in [5.41, 5.74) is 0.491. The predicted molar refractivity (Wildman–Crippen MR) is 229 cm³/mol. The zero-order valence-corrected chi connectivity index (χ0v) is 43.1. The third kappa shape index (κ3) is 6.54. The molecule has 14 aliphatic rings. The van der Waals surface area contributed by atoms with Crippen molar-refractivity contribution in [3.05, 3.63) is 0 Å². The fraction of sp³-hybridized carbons (Fsp3) is 1.00. The molecule has 8 bridgehead atoms. The lowest BCUT2D eigenvalue weighted by molar-refractivity contribution is -0.0459. The van der Waals surface area contributed by atoms with Gasteiger partial charge in [-0.25, -0.2) is 0 Å². The van der Waals surface area contributed by atoms with Crippen LogP contribution in [0.5, 0.6) is 0 Å². The van der Waals surface area contributed by atoms with Crippen molar-refractivity contribution < 1.29 is 54.1 Å². The van der Waals surface area contributed by atoms with Crippen molar-refractivity contribution in [2.24, 2.45) is 0 Å². The Labute approximate surface area is 360 Å². The van der Waals surface area contributed by atoms with Crippen LogP contribution in [0, 0.1) is 0 Å². The van der Waals surface area contributed by atoms with Gasteiger partial charge in [0.2, 0.25) is 0 Å². The molecule has 0 aromatic rings. The Kier molecular flexibility index (Phi) is 10.2. The Morgan fingerprint density at radius 1 is 0.254 bits per heavy atom. The largest absolute Gasteiger partial charge is 0.482 e. The minimum atomic E-state index is -3.91. The van der Waals surface area contributed by atoms with E-state index in [-0.39, 0.29) is 44.9 Å². The maximum Gasteiger partial charge on any atom is 0.482 e. The van der Waals surface area contributed by atoms with Crippen molar-refractivity contribution >= 4 is 70.4 Å². The first-order valence-corrected chi connectivity index (χ1v) is 39.4. The van der Waals surface area contributed by atoms with Gasteiger partial charge in [-0.2, -0.15) is 0 Å². The quantitative estimate of drug-likeness (QED) is 0.161. The van der Waals surface area contributed by atoms with Gasteiger partial charge in [-0.3, -0.25) is 0 Å². The second-order valence-corrected chi connectivity index (χ2v) is 46.9. The lowest BCUT2D eigenvalue weighted by atomic mass is 10.4. The number of rotatable bonds is 9. The molecule has 14 rings (SSSR count). The van der Waals surface area contributed by atoms with Crippen molar-refractivity contribution in [3.63, 3.8) is 0 Å². The van der Waals surface area contributed by atoms with Gasteiger partial charge >= 0.3 is 70.4 Å². The van der Waals surface area contributed by atoms with Gasteiger partial charge in [0, 0.05) is 44.8 Å². The lowest BCUT2D eigenvalue weighted by Gasteiger charge is -2.66. The van der Waals surface area contributed by atoms with Gasteiger partial charge in [-0.1, -0.05) is 89.9 Å². The molecule has 0 spiro atoms. The van der Waals surface area contributed by atoms with Crippen molar-refractivity contribution in [1.82, 2.24) is 0 Å². The summed E-state index contributed by atoms with van der Waals surface area (Å²) in [4.78, 5) is 0. The third-order valence-corrected chi connectivity index (χ3v) is 56.9. The lowest BCUT2D eigenvalue weighted by Crippen LogP contribution is -2.90. The van der Waals surface area contributed by atoms with Gasteiger partial charge in [0.25, 0.3) is 0 Å². The van der Waals surface area contributed by atoms with Crippen LogP contribution >= 0.6 is 0 Å². The average molecular weight is 958 g/mol. The van der Waals surface area contributed by atoms with E-state index in [1.54, 1.807) is 0 Å². The minimum Gasteiger partial charge on any atom is -0.373 e. The molecular weight excluding hydrogens is 889 g/mol. The van der Waals surface area contributed by atoms with Crippen LogP contribution < -0.4 is 0 Å². The Morgan fingerprint density at radius 3 is 0.593 bits per heavy atom. The monoisotopic (exact) mass is 956 g/mol. The average Bonchev–Trinajstić information content (AvgIpc) is 4.03. The second-order valence-electron chi connectivity index (χ2n) is 21.2. The van der Waals surface area contributed by atoms with E-state index in [2.05, 4.69) is 0 Å². The molecule has 14 fully saturated rings. The maximum absolute atomic E-state index is 8.43. The minimum absolute atomic E-state index is 0.0294. The summed E-state index contributed by atoms with van der Waals surface area (Å²) in [6.07, 6.45) is 29.4. The van der Waals surface area contributed by atoms with Crippen molar-refractivity contribution in [2.75, 3.05) is 6.61 Å². The van der Waals surface area contributed by atoms with Gasteiger partial charge < -0.3 is 54.1 Å². The highest BCUT2D eigenvalue weighted by atomic mass is 28.6. The molecule has 7 heterocycles. The molecule has 330 valence electrons. The Hall–Kier alpha value is 1.22.